The molecule has 0 amide bonds. The fraction of sp³-hybridized carbons (Fsp3) is 0.545. The SMILES string of the molecule is Cc1nc(NC2CCCOC2)ncc1C(=O)O. The van der Waals surface area contributed by atoms with Crippen LogP contribution in [0.4, 0.5) is 5.95 Å². The van der Waals surface area contributed by atoms with Gasteiger partial charge in [0.15, 0.2) is 0 Å². The molecule has 0 radical (unpaired) electrons. The van der Waals surface area contributed by atoms with E-state index in [9.17, 15) is 4.79 Å². The number of carboxylic acid groups (broad SMARTS) is 1. The van der Waals surface area contributed by atoms with Crippen LogP contribution in [0.5, 0.6) is 0 Å². The number of carboxylic acids is 1. The summed E-state index contributed by atoms with van der Waals surface area (Å²) in [4.78, 5) is 18.9. The Labute approximate surface area is 99.0 Å². The molecular formula is C11H15N3O3. The van der Waals surface area contributed by atoms with Crippen molar-refractivity contribution in [2.24, 2.45) is 0 Å². The molecule has 1 unspecified atom stereocenters. The van der Waals surface area contributed by atoms with Crippen LogP contribution >= 0.6 is 0 Å². The molecule has 0 bridgehead atoms. The summed E-state index contributed by atoms with van der Waals surface area (Å²) in [6.45, 7) is 3.10. The molecule has 1 atom stereocenters. The summed E-state index contributed by atoms with van der Waals surface area (Å²) in [5.74, 6) is -0.543. The topological polar surface area (TPSA) is 84.3 Å². The molecule has 1 fully saturated rings. The Morgan fingerprint density at radius 2 is 2.47 bits per heavy atom. The summed E-state index contributed by atoms with van der Waals surface area (Å²) in [5, 5.41) is 12.0. The lowest BCUT2D eigenvalue weighted by Crippen LogP contribution is -2.30. The standard InChI is InChI=1S/C11H15N3O3/c1-7-9(10(15)16)5-12-11(13-7)14-8-3-2-4-17-6-8/h5,8H,2-4,6H2,1H3,(H,15,16)(H,12,13,14). The Balaban J connectivity index is 2.06. The molecule has 92 valence electrons. The van der Waals surface area contributed by atoms with Crippen molar-refractivity contribution in [1.29, 1.82) is 0 Å². The minimum atomic E-state index is -1.00. The largest absolute Gasteiger partial charge is 0.478 e. The number of nitrogens with one attached hydrogen (secondary N) is 1. The minimum absolute atomic E-state index is 0.135. The molecule has 1 aliphatic rings. The zero-order valence-corrected chi connectivity index (χ0v) is 9.64. The molecule has 1 aromatic rings. The smallest absolute Gasteiger partial charge is 0.339 e. The second-order valence-corrected chi connectivity index (χ2v) is 4.06. The first-order valence-corrected chi connectivity index (χ1v) is 5.58. The second kappa shape index (κ2) is 5.09. The maximum absolute atomic E-state index is 10.8. The van der Waals surface area contributed by atoms with E-state index in [4.69, 9.17) is 9.84 Å². The Morgan fingerprint density at radius 3 is 3.06 bits per heavy atom. The highest BCUT2D eigenvalue weighted by Crippen LogP contribution is 2.12. The average molecular weight is 237 g/mol. The summed E-state index contributed by atoms with van der Waals surface area (Å²) < 4.78 is 5.33. The average Bonchev–Trinajstić information content (AvgIpc) is 2.30. The molecule has 17 heavy (non-hydrogen) atoms. The first-order valence-electron chi connectivity index (χ1n) is 5.58. The van der Waals surface area contributed by atoms with Crippen molar-refractivity contribution in [2.75, 3.05) is 18.5 Å². The summed E-state index contributed by atoms with van der Waals surface area (Å²) in [6.07, 6.45) is 3.36. The van der Waals surface area contributed by atoms with Crippen molar-refractivity contribution in [3.8, 4) is 0 Å². The number of ether oxygens (including phenoxy) is 1. The van der Waals surface area contributed by atoms with Crippen molar-refractivity contribution >= 4 is 11.9 Å². The molecule has 1 aromatic heterocycles. The number of aryl methyl sites for hydroxylation is 1. The third-order valence-electron chi connectivity index (χ3n) is 2.70. The molecular weight excluding hydrogens is 222 g/mol. The van der Waals surface area contributed by atoms with E-state index in [1.165, 1.54) is 6.20 Å². The quantitative estimate of drug-likeness (QED) is 0.818. The summed E-state index contributed by atoms with van der Waals surface area (Å²) in [5.41, 5.74) is 0.599. The number of hydrogen-bond acceptors (Lipinski definition) is 5. The Bertz CT molecular complexity index is 416. The van der Waals surface area contributed by atoms with Crippen LogP contribution < -0.4 is 5.32 Å². The van der Waals surface area contributed by atoms with Gasteiger partial charge in [-0.15, -0.1) is 0 Å². The molecule has 1 aliphatic heterocycles. The van der Waals surface area contributed by atoms with Gasteiger partial charge in [-0.25, -0.2) is 14.8 Å². The summed E-state index contributed by atoms with van der Waals surface area (Å²) in [6, 6.07) is 0.207. The molecule has 0 aromatic carbocycles. The van der Waals surface area contributed by atoms with E-state index in [0.29, 0.717) is 18.2 Å². The fourth-order valence-electron chi connectivity index (χ4n) is 1.78. The number of aromatic carboxylic acids is 1. The van der Waals surface area contributed by atoms with Crippen molar-refractivity contribution in [3.05, 3.63) is 17.5 Å². The van der Waals surface area contributed by atoms with Gasteiger partial charge in [0.1, 0.15) is 0 Å². The number of carbonyl (C=O) groups is 1. The van der Waals surface area contributed by atoms with E-state index in [-0.39, 0.29) is 11.6 Å². The van der Waals surface area contributed by atoms with Gasteiger partial charge < -0.3 is 15.2 Å². The Hall–Kier alpha value is -1.69. The van der Waals surface area contributed by atoms with Gasteiger partial charge in [0.05, 0.1) is 23.9 Å². The lowest BCUT2D eigenvalue weighted by Gasteiger charge is -2.23. The van der Waals surface area contributed by atoms with Crippen LogP contribution in [0, 0.1) is 6.92 Å². The lowest BCUT2D eigenvalue weighted by atomic mass is 10.1. The van der Waals surface area contributed by atoms with Crippen LogP contribution in [0.25, 0.3) is 0 Å². The summed E-state index contributed by atoms with van der Waals surface area (Å²) in [7, 11) is 0. The van der Waals surface area contributed by atoms with Crippen LogP contribution in [-0.2, 0) is 4.74 Å². The van der Waals surface area contributed by atoms with Gasteiger partial charge in [0.2, 0.25) is 5.95 Å². The first kappa shape index (κ1) is 11.8. The monoisotopic (exact) mass is 237 g/mol. The number of anilines is 1. The van der Waals surface area contributed by atoms with E-state index in [1.807, 2.05) is 0 Å². The highest BCUT2D eigenvalue weighted by Gasteiger charge is 2.16. The molecule has 1 saturated heterocycles. The van der Waals surface area contributed by atoms with Gasteiger partial charge in [-0.1, -0.05) is 0 Å². The number of nitrogens with zero attached hydrogens (tertiary/aromatic N) is 2. The van der Waals surface area contributed by atoms with E-state index in [1.54, 1.807) is 6.92 Å². The van der Waals surface area contributed by atoms with Gasteiger partial charge in [-0.05, 0) is 19.8 Å². The van der Waals surface area contributed by atoms with E-state index >= 15 is 0 Å². The second-order valence-electron chi connectivity index (χ2n) is 4.06. The third-order valence-corrected chi connectivity index (χ3v) is 2.70. The van der Waals surface area contributed by atoms with Gasteiger partial charge in [-0.2, -0.15) is 0 Å². The highest BCUT2D eigenvalue weighted by molar-refractivity contribution is 5.88. The van der Waals surface area contributed by atoms with Crippen LogP contribution in [0.1, 0.15) is 28.9 Å². The first-order chi connectivity index (χ1) is 8.16. The molecule has 0 saturated carbocycles. The zero-order valence-electron chi connectivity index (χ0n) is 9.64. The lowest BCUT2D eigenvalue weighted by molar-refractivity contribution is 0.0695. The van der Waals surface area contributed by atoms with Crippen molar-refractivity contribution in [3.63, 3.8) is 0 Å². The van der Waals surface area contributed by atoms with E-state index < -0.39 is 5.97 Å². The third kappa shape index (κ3) is 2.91. The van der Waals surface area contributed by atoms with Crippen molar-refractivity contribution in [2.45, 2.75) is 25.8 Å². The summed E-state index contributed by atoms with van der Waals surface area (Å²) >= 11 is 0. The van der Waals surface area contributed by atoms with Crippen molar-refractivity contribution < 1.29 is 14.6 Å². The van der Waals surface area contributed by atoms with Crippen LogP contribution in [-0.4, -0.2) is 40.3 Å². The normalized spacial score (nSPS) is 19.9. The molecule has 2 heterocycles. The van der Waals surface area contributed by atoms with E-state index in [0.717, 1.165) is 19.4 Å². The molecule has 6 nitrogen and oxygen atoms in total. The predicted molar refractivity (Wildman–Crippen MR) is 61.2 cm³/mol. The van der Waals surface area contributed by atoms with Gasteiger partial charge in [0.25, 0.3) is 0 Å². The predicted octanol–water partition coefficient (Wildman–Crippen LogP) is 1.07. The maximum atomic E-state index is 10.8. The van der Waals surface area contributed by atoms with E-state index in [2.05, 4.69) is 15.3 Å². The van der Waals surface area contributed by atoms with Gasteiger partial charge >= 0.3 is 5.97 Å². The maximum Gasteiger partial charge on any atom is 0.339 e. The van der Waals surface area contributed by atoms with Crippen LogP contribution in [0.2, 0.25) is 0 Å². The number of rotatable bonds is 3. The highest BCUT2D eigenvalue weighted by atomic mass is 16.5. The van der Waals surface area contributed by atoms with Crippen LogP contribution in [0.3, 0.4) is 0 Å². The minimum Gasteiger partial charge on any atom is -0.478 e. The number of hydrogen-bond donors (Lipinski definition) is 2. The fourth-order valence-corrected chi connectivity index (χ4v) is 1.78. The van der Waals surface area contributed by atoms with Gasteiger partial charge in [0, 0.05) is 12.8 Å². The molecule has 0 spiro atoms. The van der Waals surface area contributed by atoms with Crippen molar-refractivity contribution in [1.82, 2.24) is 9.97 Å². The molecule has 0 aliphatic carbocycles. The van der Waals surface area contributed by atoms with Gasteiger partial charge in [-0.3, -0.25) is 0 Å². The van der Waals surface area contributed by atoms with Crippen LogP contribution in [0.15, 0.2) is 6.20 Å². The number of aromatic nitrogens is 2. The molecule has 2 rings (SSSR count). The molecule has 2 N–H and O–H groups in total. The Morgan fingerprint density at radius 1 is 1.65 bits per heavy atom. The molecule has 6 heteroatoms. The zero-order chi connectivity index (χ0) is 12.3. The Kier molecular flexibility index (Phi) is 3.53.